The normalized spacial score (nSPS) is 13.8. The van der Waals surface area contributed by atoms with E-state index in [0.29, 0.717) is 18.5 Å². The van der Waals surface area contributed by atoms with E-state index in [1.165, 1.54) is 6.07 Å². The molecule has 0 saturated heterocycles. The van der Waals surface area contributed by atoms with Crippen LogP contribution in [0.25, 0.3) is 0 Å². The molecule has 4 nitrogen and oxygen atoms in total. The van der Waals surface area contributed by atoms with Crippen LogP contribution in [0.1, 0.15) is 36.2 Å². The Morgan fingerprint density at radius 3 is 2.74 bits per heavy atom. The summed E-state index contributed by atoms with van der Waals surface area (Å²) >= 11 is 0. The zero-order chi connectivity index (χ0) is 14.4. The molecular weight excluding hydrogens is 262 g/mol. The Hall–Kier alpha value is -1.36. The van der Waals surface area contributed by atoms with Gasteiger partial charge in [0.15, 0.2) is 0 Å². The number of amides is 1. The molecule has 5 heteroatoms. The van der Waals surface area contributed by atoms with Gasteiger partial charge >= 0.3 is 0 Å². The summed E-state index contributed by atoms with van der Waals surface area (Å²) in [7, 11) is -0.880. The van der Waals surface area contributed by atoms with Gasteiger partial charge in [0.25, 0.3) is 5.91 Å². The minimum atomic E-state index is -0.880. The van der Waals surface area contributed by atoms with Crippen LogP contribution in [0, 0.1) is 0 Å². The summed E-state index contributed by atoms with van der Waals surface area (Å²) in [6, 6.07) is 5.04. The molecule has 0 bridgehead atoms. The van der Waals surface area contributed by atoms with E-state index >= 15 is 0 Å². The first-order valence-electron chi connectivity index (χ1n) is 6.38. The highest BCUT2D eigenvalue weighted by Gasteiger charge is 2.12. The van der Waals surface area contributed by atoms with Crippen molar-refractivity contribution in [3.8, 4) is 5.75 Å². The van der Waals surface area contributed by atoms with Crippen molar-refractivity contribution in [2.45, 2.75) is 31.9 Å². The predicted octanol–water partition coefficient (Wildman–Crippen LogP) is 1.84. The van der Waals surface area contributed by atoms with Gasteiger partial charge in [-0.05, 0) is 30.5 Å². The first-order chi connectivity index (χ1) is 8.95. The number of phenols is 1. The van der Waals surface area contributed by atoms with Crippen molar-refractivity contribution < 1.29 is 14.1 Å². The fourth-order valence-electron chi connectivity index (χ4n) is 1.64. The summed E-state index contributed by atoms with van der Waals surface area (Å²) < 4.78 is 11.2. The van der Waals surface area contributed by atoms with Crippen molar-refractivity contribution in [3.05, 3.63) is 29.3 Å². The number of carbonyl (C=O) groups excluding carboxylic acids is 1. The highest BCUT2D eigenvalue weighted by molar-refractivity contribution is 7.84. The Bertz CT molecular complexity index is 474. The monoisotopic (exact) mass is 283 g/mol. The lowest BCUT2D eigenvalue weighted by atomic mass is 10.1. The van der Waals surface area contributed by atoms with Crippen molar-refractivity contribution in [3.63, 3.8) is 0 Å². The summed E-state index contributed by atoms with van der Waals surface area (Å²) in [4.78, 5) is 11.9. The van der Waals surface area contributed by atoms with E-state index in [-0.39, 0.29) is 16.9 Å². The maximum Gasteiger partial charge on any atom is 0.255 e. The van der Waals surface area contributed by atoms with Gasteiger partial charge in [-0.15, -0.1) is 0 Å². The average molecular weight is 283 g/mol. The molecule has 0 aliphatic heterocycles. The van der Waals surface area contributed by atoms with Gasteiger partial charge in [-0.1, -0.05) is 19.9 Å². The highest BCUT2D eigenvalue weighted by atomic mass is 32.2. The number of hydrogen-bond acceptors (Lipinski definition) is 3. The molecule has 0 unspecified atom stereocenters. The molecule has 106 valence electrons. The SMILES string of the molecule is CCc1ccc(O)c(C(=O)NCC[C@H](C)[S@@](C)=O)c1. The summed E-state index contributed by atoms with van der Waals surface area (Å²) in [5, 5.41) is 12.5. The third-order valence-corrected chi connectivity index (χ3v) is 4.49. The summed E-state index contributed by atoms with van der Waals surface area (Å²) in [6.07, 6.45) is 3.12. The molecule has 0 fully saturated rings. The number of phenolic OH excluding ortho intramolecular Hbond substituents is 1. The molecule has 1 rings (SSSR count). The maximum atomic E-state index is 11.9. The van der Waals surface area contributed by atoms with E-state index in [9.17, 15) is 14.1 Å². The van der Waals surface area contributed by atoms with Crippen LogP contribution < -0.4 is 5.32 Å². The molecule has 1 amide bonds. The fourth-order valence-corrected chi connectivity index (χ4v) is 2.08. The molecule has 1 aromatic rings. The van der Waals surface area contributed by atoms with Crippen molar-refractivity contribution >= 4 is 16.7 Å². The third kappa shape index (κ3) is 4.67. The summed E-state index contributed by atoms with van der Waals surface area (Å²) in [6.45, 7) is 4.33. The first-order valence-corrected chi connectivity index (χ1v) is 8.00. The van der Waals surface area contributed by atoms with Crippen molar-refractivity contribution in [1.29, 1.82) is 0 Å². The lowest BCUT2D eigenvalue weighted by Crippen LogP contribution is -2.27. The molecule has 0 aliphatic carbocycles. The van der Waals surface area contributed by atoms with Crippen LogP contribution in [0.2, 0.25) is 0 Å². The van der Waals surface area contributed by atoms with Crippen molar-refractivity contribution in [2.24, 2.45) is 0 Å². The molecule has 0 aliphatic rings. The van der Waals surface area contributed by atoms with Crippen LogP contribution in [0.4, 0.5) is 0 Å². The number of carbonyl (C=O) groups is 1. The largest absolute Gasteiger partial charge is 0.507 e. The van der Waals surface area contributed by atoms with E-state index in [0.717, 1.165) is 12.0 Å². The van der Waals surface area contributed by atoms with Crippen LogP contribution in [0.5, 0.6) is 5.75 Å². The Kier molecular flexibility index (Phi) is 6.02. The fraction of sp³-hybridized carbons (Fsp3) is 0.500. The van der Waals surface area contributed by atoms with E-state index in [1.807, 2.05) is 13.8 Å². The Morgan fingerprint density at radius 1 is 1.47 bits per heavy atom. The van der Waals surface area contributed by atoms with Gasteiger partial charge in [0.2, 0.25) is 0 Å². The lowest BCUT2D eigenvalue weighted by molar-refractivity contribution is 0.0950. The van der Waals surface area contributed by atoms with Gasteiger partial charge in [0, 0.05) is 28.9 Å². The number of aryl methyl sites for hydroxylation is 1. The van der Waals surface area contributed by atoms with E-state index in [2.05, 4.69) is 5.32 Å². The number of hydrogen-bond donors (Lipinski definition) is 2. The van der Waals surface area contributed by atoms with Crippen LogP contribution >= 0.6 is 0 Å². The van der Waals surface area contributed by atoms with Crippen molar-refractivity contribution in [1.82, 2.24) is 5.32 Å². The van der Waals surface area contributed by atoms with Crippen LogP contribution in [-0.2, 0) is 17.2 Å². The second kappa shape index (κ2) is 7.28. The van der Waals surface area contributed by atoms with Crippen molar-refractivity contribution in [2.75, 3.05) is 12.8 Å². The molecule has 0 spiro atoms. The standard InChI is InChI=1S/C14H21NO3S/c1-4-11-5-6-13(16)12(9-11)14(17)15-8-7-10(2)19(3)18/h5-6,9-10,16H,4,7-8H2,1-3H3,(H,15,17)/t10-,19+/m0/s1. The van der Waals surface area contributed by atoms with Gasteiger partial charge in [-0.2, -0.15) is 0 Å². The van der Waals surface area contributed by atoms with Crippen LogP contribution in [0.3, 0.4) is 0 Å². The zero-order valence-corrected chi connectivity index (χ0v) is 12.4. The zero-order valence-electron chi connectivity index (χ0n) is 11.6. The number of nitrogens with one attached hydrogen (secondary N) is 1. The van der Waals surface area contributed by atoms with Gasteiger partial charge in [0.05, 0.1) is 5.56 Å². The van der Waals surface area contributed by atoms with E-state index < -0.39 is 10.8 Å². The van der Waals surface area contributed by atoms with E-state index in [4.69, 9.17) is 0 Å². The minimum absolute atomic E-state index is 0.0122. The quantitative estimate of drug-likeness (QED) is 0.837. The molecule has 0 heterocycles. The second-order valence-electron chi connectivity index (χ2n) is 4.56. The smallest absolute Gasteiger partial charge is 0.255 e. The Labute approximate surface area is 116 Å². The topological polar surface area (TPSA) is 66.4 Å². The molecule has 2 N–H and O–H groups in total. The summed E-state index contributed by atoms with van der Waals surface area (Å²) in [5.41, 5.74) is 1.30. The molecular formula is C14H21NO3S. The predicted molar refractivity (Wildman–Crippen MR) is 78.0 cm³/mol. The third-order valence-electron chi connectivity index (χ3n) is 3.12. The molecule has 0 radical (unpaired) electrons. The molecule has 2 atom stereocenters. The van der Waals surface area contributed by atoms with Gasteiger partial charge < -0.3 is 10.4 Å². The lowest BCUT2D eigenvalue weighted by Gasteiger charge is -2.10. The van der Waals surface area contributed by atoms with Gasteiger partial charge in [-0.3, -0.25) is 9.00 Å². The number of benzene rings is 1. The van der Waals surface area contributed by atoms with Gasteiger partial charge in [-0.25, -0.2) is 0 Å². The summed E-state index contributed by atoms with van der Waals surface area (Å²) in [5.74, 6) is -0.302. The molecule has 0 aromatic heterocycles. The average Bonchev–Trinajstić information content (AvgIpc) is 2.38. The minimum Gasteiger partial charge on any atom is -0.507 e. The Balaban J connectivity index is 2.61. The number of aromatic hydroxyl groups is 1. The van der Waals surface area contributed by atoms with Gasteiger partial charge in [0.1, 0.15) is 5.75 Å². The van der Waals surface area contributed by atoms with Crippen LogP contribution in [-0.4, -0.2) is 33.3 Å². The molecule has 0 saturated carbocycles. The first kappa shape index (κ1) is 15.7. The van der Waals surface area contributed by atoms with E-state index in [1.54, 1.807) is 18.4 Å². The molecule has 19 heavy (non-hydrogen) atoms. The molecule has 1 aromatic carbocycles. The highest BCUT2D eigenvalue weighted by Crippen LogP contribution is 2.18. The maximum absolute atomic E-state index is 11.9. The second-order valence-corrected chi connectivity index (χ2v) is 6.36. The van der Waals surface area contributed by atoms with Crippen LogP contribution in [0.15, 0.2) is 18.2 Å². The Morgan fingerprint density at radius 2 is 2.16 bits per heavy atom. The number of rotatable bonds is 6.